The molecular formula is C25H17ClFN3O2S. The summed E-state index contributed by atoms with van der Waals surface area (Å²) in [7, 11) is 0. The molecule has 0 saturated carbocycles. The van der Waals surface area contributed by atoms with Gasteiger partial charge in [0, 0.05) is 22.9 Å². The number of hydrogen-bond donors (Lipinski definition) is 0. The topological polar surface area (TPSA) is 64.4 Å². The Balaban J connectivity index is 1.61. The lowest BCUT2D eigenvalue weighted by Crippen LogP contribution is -2.50. The van der Waals surface area contributed by atoms with Gasteiger partial charge >= 0.3 is 0 Å². The summed E-state index contributed by atoms with van der Waals surface area (Å²) >= 11 is 7.66. The fourth-order valence-electron chi connectivity index (χ4n) is 4.45. The molecule has 1 unspecified atom stereocenters. The first-order valence-electron chi connectivity index (χ1n) is 10.3. The fourth-order valence-corrected chi connectivity index (χ4v) is 6.07. The van der Waals surface area contributed by atoms with Gasteiger partial charge in [-0.25, -0.2) is 4.39 Å². The minimum Gasteiger partial charge on any atom is -0.311 e. The number of nitriles is 1. The number of carbonyl (C=O) groups is 2. The summed E-state index contributed by atoms with van der Waals surface area (Å²) in [4.78, 5) is 29.2. The molecule has 2 aliphatic rings. The largest absolute Gasteiger partial charge is 0.311 e. The molecule has 5 rings (SSSR count). The maximum atomic E-state index is 14.5. The zero-order chi connectivity index (χ0) is 23.2. The van der Waals surface area contributed by atoms with Crippen molar-refractivity contribution >= 4 is 40.9 Å². The average molecular weight is 478 g/mol. The Bertz CT molecular complexity index is 1340. The summed E-state index contributed by atoms with van der Waals surface area (Å²) in [6.45, 7) is 0.528. The van der Waals surface area contributed by atoms with Crippen LogP contribution in [0.15, 0.2) is 66.7 Å². The quantitative estimate of drug-likeness (QED) is 0.536. The second kappa shape index (κ2) is 8.22. The van der Waals surface area contributed by atoms with Crippen molar-refractivity contribution in [2.75, 3.05) is 17.2 Å². The molecule has 0 radical (unpaired) electrons. The number of thioether (sulfide) groups is 1. The third kappa shape index (κ3) is 3.38. The Morgan fingerprint density at radius 2 is 1.97 bits per heavy atom. The molecule has 3 aromatic rings. The van der Waals surface area contributed by atoms with Crippen molar-refractivity contribution in [3.8, 4) is 6.07 Å². The van der Waals surface area contributed by atoms with Crippen molar-refractivity contribution in [1.29, 1.82) is 5.26 Å². The normalized spacial score (nSPS) is 19.1. The highest BCUT2D eigenvalue weighted by Gasteiger charge is 2.59. The second-order valence-electron chi connectivity index (χ2n) is 7.79. The zero-order valence-corrected chi connectivity index (χ0v) is 18.9. The highest BCUT2D eigenvalue weighted by Crippen LogP contribution is 2.55. The summed E-state index contributed by atoms with van der Waals surface area (Å²) in [6, 6.07) is 20.1. The van der Waals surface area contributed by atoms with E-state index in [0.717, 1.165) is 5.56 Å². The summed E-state index contributed by atoms with van der Waals surface area (Å²) in [5.74, 6) is -0.924. The average Bonchev–Trinajstić information content (AvgIpc) is 3.36. The molecule has 3 aromatic carbocycles. The van der Waals surface area contributed by atoms with Crippen LogP contribution in [0.4, 0.5) is 10.1 Å². The first-order chi connectivity index (χ1) is 16.0. The van der Waals surface area contributed by atoms with Gasteiger partial charge in [-0.1, -0.05) is 35.9 Å². The smallest absolute Gasteiger partial charge is 0.268 e. The predicted molar refractivity (Wildman–Crippen MR) is 125 cm³/mol. The van der Waals surface area contributed by atoms with Crippen LogP contribution in [0.1, 0.15) is 27.0 Å². The van der Waals surface area contributed by atoms with Gasteiger partial charge in [-0.2, -0.15) is 5.26 Å². The van der Waals surface area contributed by atoms with E-state index in [1.54, 1.807) is 47.4 Å². The Labute approximate surface area is 199 Å². The van der Waals surface area contributed by atoms with Gasteiger partial charge in [0.05, 0.1) is 29.4 Å². The molecule has 8 heteroatoms. The van der Waals surface area contributed by atoms with Crippen LogP contribution in [-0.4, -0.2) is 29.0 Å². The number of nitrogens with zero attached hydrogens (tertiary/aromatic N) is 3. The molecule has 0 N–H and O–H groups in total. The molecule has 0 aliphatic carbocycles. The summed E-state index contributed by atoms with van der Waals surface area (Å²) in [5.41, 5.74) is 2.47. The van der Waals surface area contributed by atoms with Gasteiger partial charge in [0.1, 0.15) is 5.82 Å². The first-order valence-corrected chi connectivity index (χ1v) is 11.6. The van der Waals surface area contributed by atoms with Crippen LogP contribution in [0, 0.1) is 17.1 Å². The van der Waals surface area contributed by atoms with Crippen molar-refractivity contribution in [2.45, 2.75) is 11.4 Å². The maximum Gasteiger partial charge on any atom is 0.268 e. The molecule has 0 aromatic heterocycles. The molecular weight excluding hydrogens is 461 g/mol. The molecule has 1 fully saturated rings. The van der Waals surface area contributed by atoms with E-state index in [2.05, 4.69) is 6.07 Å². The highest BCUT2D eigenvalue weighted by atomic mass is 35.5. The molecule has 164 valence electrons. The van der Waals surface area contributed by atoms with Crippen LogP contribution in [-0.2, 0) is 16.2 Å². The van der Waals surface area contributed by atoms with Crippen LogP contribution in [0.2, 0.25) is 5.02 Å². The number of hydrogen-bond acceptors (Lipinski definition) is 4. The highest BCUT2D eigenvalue weighted by molar-refractivity contribution is 8.01. The SMILES string of the molecule is N#Cc1cccc(CN2C(=O)C3(SCCN3C(=O)c3ccccc3F)c3cc(Cl)ccc32)c1. The molecule has 0 bridgehead atoms. The van der Waals surface area contributed by atoms with Crippen LogP contribution >= 0.6 is 23.4 Å². The lowest BCUT2D eigenvalue weighted by atomic mass is 10.0. The first kappa shape index (κ1) is 21.5. The van der Waals surface area contributed by atoms with E-state index >= 15 is 0 Å². The van der Waals surface area contributed by atoms with Crippen molar-refractivity contribution in [3.63, 3.8) is 0 Å². The second-order valence-corrected chi connectivity index (χ2v) is 9.52. The van der Waals surface area contributed by atoms with Crippen molar-refractivity contribution in [2.24, 2.45) is 0 Å². The van der Waals surface area contributed by atoms with Crippen molar-refractivity contribution in [1.82, 2.24) is 4.90 Å². The molecule has 5 nitrogen and oxygen atoms in total. The number of amides is 2. The maximum absolute atomic E-state index is 14.5. The third-order valence-corrected chi connectivity index (χ3v) is 7.56. The summed E-state index contributed by atoms with van der Waals surface area (Å²) in [5, 5.41) is 9.68. The van der Waals surface area contributed by atoms with E-state index in [4.69, 9.17) is 11.6 Å². The molecule has 2 heterocycles. The molecule has 1 saturated heterocycles. The fraction of sp³-hybridized carbons (Fsp3) is 0.160. The molecule has 2 amide bonds. The van der Waals surface area contributed by atoms with E-state index in [-0.39, 0.29) is 18.0 Å². The Morgan fingerprint density at radius 3 is 2.76 bits per heavy atom. The van der Waals surface area contributed by atoms with Crippen LogP contribution < -0.4 is 4.90 Å². The molecule has 33 heavy (non-hydrogen) atoms. The van der Waals surface area contributed by atoms with E-state index in [9.17, 15) is 19.2 Å². The third-order valence-electron chi connectivity index (χ3n) is 5.90. The van der Waals surface area contributed by atoms with Gasteiger partial charge < -0.3 is 9.80 Å². The number of carbonyl (C=O) groups excluding carboxylic acids is 2. The van der Waals surface area contributed by atoms with Crippen LogP contribution in [0.3, 0.4) is 0 Å². The van der Waals surface area contributed by atoms with Crippen molar-refractivity contribution in [3.05, 3.63) is 99.8 Å². The number of fused-ring (bicyclic) bond motifs is 2. The van der Waals surface area contributed by atoms with E-state index < -0.39 is 16.6 Å². The number of rotatable bonds is 3. The number of halogens is 2. The lowest BCUT2D eigenvalue weighted by molar-refractivity contribution is -0.123. The van der Waals surface area contributed by atoms with Gasteiger partial charge in [-0.05, 0) is 48.0 Å². The molecule has 1 spiro atoms. The summed E-state index contributed by atoms with van der Waals surface area (Å²) in [6.07, 6.45) is 0. The van der Waals surface area contributed by atoms with Crippen LogP contribution in [0.5, 0.6) is 0 Å². The Kier molecular flexibility index (Phi) is 5.35. The van der Waals surface area contributed by atoms with Gasteiger partial charge in [0.2, 0.25) is 0 Å². The molecule has 2 aliphatic heterocycles. The van der Waals surface area contributed by atoms with Gasteiger partial charge in [0.25, 0.3) is 11.8 Å². The Hall–Kier alpha value is -3.34. The minimum atomic E-state index is -1.33. The molecule has 1 atom stereocenters. The monoisotopic (exact) mass is 477 g/mol. The zero-order valence-electron chi connectivity index (χ0n) is 17.3. The Morgan fingerprint density at radius 1 is 1.15 bits per heavy atom. The van der Waals surface area contributed by atoms with E-state index in [1.165, 1.54) is 34.9 Å². The minimum absolute atomic E-state index is 0.0732. The summed E-state index contributed by atoms with van der Waals surface area (Å²) < 4.78 is 14.5. The van der Waals surface area contributed by atoms with Crippen molar-refractivity contribution < 1.29 is 14.0 Å². The van der Waals surface area contributed by atoms with E-state index in [0.29, 0.717) is 34.1 Å². The van der Waals surface area contributed by atoms with Gasteiger partial charge in [-0.3, -0.25) is 9.59 Å². The standard InChI is InChI=1S/C25H17ClFN3O2S/c26-18-8-9-22-20(13-18)25(24(32)29(22)15-17-5-3-4-16(12-17)14-28)30(10-11-33-25)23(31)19-6-1-2-7-21(19)27/h1-9,12-13H,10-11,15H2. The van der Waals surface area contributed by atoms with E-state index in [1.807, 2.05) is 6.07 Å². The lowest BCUT2D eigenvalue weighted by Gasteiger charge is -2.33. The number of benzene rings is 3. The van der Waals surface area contributed by atoms with Gasteiger partial charge in [-0.15, -0.1) is 11.8 Å². The van der Waals surface area contributed by atoms with Crippen LogP contribution in [0.25, 0.3) is 0 Å². The number of anilines is 1. The van der Waals surface area contributed by atoms with Gasteiger partial charge in [0.15, 0.2) is 4.87 Å². The predicted octanol–water partition coefficient (Wildman–Crippen LogP) is 4.94.